The molecule has 20 heavy (non-hydrogen) atoms. The highest BCUT2D eigenvalue weighted by Gasteiger charge is 2.09. The van der Waals surface area contributed by atoms with Crippen LogP contribution in [0.5, 0.6) is 11.6 Å². The first-order chi connectivity index (χ1) is 9.60. The minimum absolute atomic E-state index is 0.352. The highest BCUT2D eigenvalue weighted by Crippen LogP contribution is 2.30. The number of halogens is 2. The van der Waals surface area contributed by atoms with Crippen molar-refractivity contribution in [2.24, 2.45) is 0 Å². The number of aryl methyl sites for hydroxylation is 1. The van der Waals surface area contributed by atoms with Crippen molar-refractivity contribution in [1.82, 2.24) is 9.97 Å². The summed E-state index contributed by atoms with van der Waals surface area (Å²) in [5.41, 5.74) is 0.997. The molecule has 0 aliphatic heterocycles. The van der Waals surface area contributed by atoms with Gasteiger partial charge < -0.3 is 10.1 Å². The maximum absolute atomic E-state index is 6.08. The fraction of sp³-hybridized carbons (Fsp3) is 0.286. The summed E-state index contributed by atoms with van der Waals surface area (Å²) in [5, 5.41) is 3.49. The second-order valence-electron chi connectivity index (χ2n) is 4.29. The Morgan fingerprint density at radius 1 is 1.40 bits per heavy atom. The molecule has 0 aliphatic carbocycles. The number of hydrogen-bond acceptors (Lipinski definition) is 4. The molecule has 0 saturated carbocycles. The molecule has 1 heterocycles. The van der Waals surface area contributed by atoms with Crippen molar-refractivity contribution in [2.45, 2.75) is 20.3 Å². The largest absolute Gasteiger partial charge is 0.437 e. The minimum Gasteiger partial charge on any atom is -0.437 e. The van der Waals surface area contributed by atoms with E-state index in [1.165, 1.54) is 6.20 Å². The number of nitrogens with zero attached hydrogens (tertiary/aromatic N) is 2. The fourth-order valence-electron chi connectivity index (χ4n) is 1.58. The van der Waals surface area contributed by atoms with Crippen LogP contribution in [0.1, 0.15) is 18.9 Å². The lowest BCUT2D eigenvalue weighted by atomic mass is 10.2. The number of nitrogens with one attached hydrogen (secondary N) is 1. The van der Waals surface area contributed by atoms with Crippen LogP contribution in [0.15, 0.2) is 28.9 Å². The number of aromatic nitrogens is 2. The molecule has 0 unspecified atom stereocenters. The molecule has 0 bridgehead atoms. The highest BCUT2D eigenvalue weighted by atomic mass is 79.9. The van der Waals surface area contributed by atoms with Crippen molar-refractivity contribution in [2.75, 3.05) is 11.9 Å². The van der Waals surface area contributed by atoms with E-state index in [9.17, 15) is 0 Å². The number of ether oxygens (including phenoxy) is 1. The third-order valence-corrected chi connectivity index (χ3v) is 3.34. The summed E-state index contributed by atoms with van der Waals surface area (Å²) in [6.45, 7) is 4.84. The normalized spacial score (nSPS) is 10.4. The van der Waals surface area contributed by atoms with Crippen molar-refractivity contribution >= 4 is 33.5 Å². The molecule has 1 aromatic carbocycles. The van der Waals surface area contributed by atoms with Crippen LogP contribution in [-0.4, -0.2) is 16.5 Å². The summed E-state index contributed by atoms with van der Waals surface area (Å²) in [6, 6.07) is 5.76. The SMILES string of the molecule is CCCNc1ncc(Cl)c(Oc2ccc(Br)cc2C)n1. The van der Waals surface area contributed by atoms with Crippen molar-refractivity contribution < 1.29 is 4.74 Å². The highest BCUT2D eigenvalue weighted by molar-refractivity contribution is 9.10. The Balaban J connectivity index is 2.23. The van der Waals surface area contributed by atoms with Crippen molar-refractivity contribution in [3.63, 3.8) is 0 Å². The summed E-state index contributed by atoms with van der Waals surface area (Å²) < 4.78 is 6.77. The average Bonchev–Trinajstić information content (AvgIpc) is 2.42. The predicted molar refractivity (Wildman–Crippen MR) is 84.8 cm³/mol. The third-order valence-electron chi connectivity index (χ3n) is 2.59. The lowest BCUT2D eigenvalue weighted by Crippen LogP contribution is -2.05. The van der Waals surface area contributed by atoms with Gasteiger partial charge in [0.25, 0.3) is 0 Å². The predicted octanol–water partition coefficient (Wildman–Crippen LogP) is 4.82. The van der Waals surface area contributed by atoms with E-state index in [4.69, 9.17) is 16.3 Å². The molecular formula is C14H15BrClN3O. The standard InChI is InChI=1S/C14H15BrClN3O/c1-3-6-17-14-18-8-11(16)13(19-14)20-12-5-4-10(15)7-9(12)2/h4-5,7-8H,3,6H2,1-2H3,(H,17,18,19). The molecule has 0 fully saturated rings. The molecule has 0 spiro atoms. The van der Waals surface area contributed by atoms with Gasteiger partial charge in [0, 0.05) is 11.0 Å². The number of anilines is 1. The molecule has 0 atom stereocenters. The first kappa shape index (κ1) is 15.1. The van der Waals surface area contributed by atoms with Gasteiger partial charge in [-0.3, -0.25) is 0 Å². The molecule has 0 saturated heterocycles. The minimum atomic E-state index is 0.352. The molecule has 6 heteroatoms. The Kier molecular flexibility index (Phi) is 5.20. The maximum Gasteiger partial charge on any atom is 0.243 e. The molecule has 2 aromatic rings. The molecule has 2 rings (SSSR count). The quantitative estimate of drug-likeness (QED) is 0.834. The maximum atomic E-state index is 6.08. The lowest BCUT2D eigenvalue weighted by Gasteiger charge is -2.10. The lowest BCUT2D eigenvalue weighted by molar-refractivity contribution is 0.459. The molecule has 0 radical (unpaired) electrons. The van der Waals surface area contributed by atoms with E-state index in [1.54, 1.807) is 0 Å². The number of benzene rings is 1. The van der Waals surface area contributed by atoms with Gasteiger partial charge in [-0.05, 0) is 37.1 Å². The molecule has 0 amide bonds. The van der Waals surface area contributed by atoms with E-state index in [0.29, 0.717) is 16.9 Å². The summed E-state index contributed by atoms with van der Waals surface area (Å²) in [7, 11) is 0. The third kappa shape index (κ3) is 3.84. The fourth-order valence-corrected chi connectivity index (χ4v) is 2.18. The molecule has 4 nitrogen and oxygen atoms in total. The summed E-state index contributed by atoms with van der Waals surface area (Å²) in [5.74, 6) is 1.59. The van der Waals surface area contributed by atoms with Gasteiger partial charge in [-0.1, -0.05) is 34.5 Å². The zero-order chi connectivity index (χ0) is 14.5. The second kappa shape index (κ2) is 6.90. The van der Waals surface area contributed by atoms with E-state index < -0.39 is 0 Å². The van der Waals surface area contributed by atoms with Gasteiger partial charge in [0.1, 0.15) is 10.8 Å². The van der Waals surface area contributed by atoms with Gasteiger partial charge >= 0.3 is 0 Å². The summed E-state index contributed by atoms with van der Waals surface area (Å²) in [6.07, 6.45) is 2.53. The van der Waals surface area contributed by atoms with Crippen LogP contribution >= 0.6 is 27.5 Å². The number of rotatable bonds is 5. The van der Waals surface area contributed by atoms with Crippen molar-refractivity contribution in [1.29, 1.82) is 0 Å². The van der Waals surface area contributed by atoms with Crippen LogP contribution in [-0.2, 0) is 0 Å². The van der Waals surface area contributed by atoms with Gasteiger partial charge in [-0.25, -0.2) is 4.98 Å². The molecule has 1 aromatic heterocycles. The van der Waals surface area contributed by atoms with E-state index in [1.807, 2.05) is 25.1 Å². The second-order valence-corrected chi connectivity index (χ2v) is 5.61. The van der Waals surface area contributed by atoms with E-state index >= 15 is 0 Å². The molecular weight excluding hydrogens is 342 g/mol. The van der Waals surface area contributed by atoms with Crippen LogP contribution in [0, 0.1) is 6.92 Å². The van der Waals surface area contributed by atoms with E-state index in [-0.39, 0.29) is 0 Å². The van der Waals surface area contributed by atoms with Gasteiger partial charge in [0.2, 0.25) is 11.8 Å². The van der Waals surface area contributed by atoms with Crippen LogP contribution in [0.3, 0.4) is 0 Å². The molecule has 1 N–H and O–H groups in total. The smallest absolute Gasteiger partial charge is 0.243 e. The molecule has 0 aliphatic rings. The first-order valence-electron chi connectivity index (χ1n) is 6.30. The van der Waals surface area contributed by atoms with E-state index in [2.05, 4.69) is 38.1 Å². The zero-order valence-electron chi connectivity index (χ0n) is 11.3. The average molecular weight is 357 g/mol. The zero-order valence-corrected chi connectivity index (χ0v) is 13.6. The van der Waals surface area contributed by atoms with Crippen LogP contribution < -0.4 is 10.1 Å². The Hall–Kier alpha value is -1.33. The van der Waals surface area contributed by atoms with Crippen LogP contribution in [0.25, 0.3) is 0 Å². The van der Waals surface area contributed by atoms with Crippen molar-refractivity contribution in [3.05, 3.63) is 39.5 Å². The monoisotopic (exact) mass is 355 g/mol. The van der Waals surface area contributed by atoms with Gasteiger partial charge in [-0.15, -0.1) is 0 Å². The van der Waals surface area contributed by atoms with Gasteiger partial charge in [-0.2, -0.15) is 4.98 Å². The van der Waals surface area contributed by atoms with Crippen LogP contribution in [0.4, 0.5) is 5.95 Å². The van der Waals surface area contributed by atoms with Crippen molar-refractivity contribution in [3.8, 4) is 11.6 Å². The Morgan fingerprint density at radius 2 is 2.20 bits per heavy atom. The van der Waals surface area contributed by atoms with E-state index in [0.717, 1.165) is 28.8 Å². The Bertz CT molecular complexity index is 607. The Labute approximate surface area is 131 Å². The topological polar surface area (TPSA) is 47.0 Å². The molecule has 106 valence electrons. The van der Waals surface area contributed by atoms with Gasteiger partial charge in [0.15, 0.2) is 0 Å². The summed E-state index contributed by atoms with van der Waals surface area (Å²) in [4.78, 5) is 8.39. The van der Waals surface area contributed by atoms with Gasteiger partial charge in [0.05, 0.1) is 6.20 Å². The van der Waals surface area contributed by atoms with Crippen LogP contribution in [0.2, 0.25) is 5.02 Å². The first-order valence-corrected chi connectivity index (χ1v) is 7.47. The number of hydrogen-bond donors (Lipinski definition) is 1. The Morgan fingerprint density at radius 3 is 2.90 bits per heavy atom. The summed E-state index contributed by atoms with van der Waals surface area (Å²) >= 11 is 9.50.